The van der Waals surface area contributed by atoms with Gasteiger partial charge in [0, 0.05) is 5.69 Å². The maximum Gasteiger partial charge on any atom is 0.355 e. The van der Waals surface area contributed by atoms with Gasteiger partial charge in [0.05, 0.1) is 36.4 Å². The van der Waals surface area contributed by atoms with Gasteiger partial charge in [-0.05, 0) is 24.6 Å². The maximum absolute atomic E-state index is 12.2. The molecule has 1 heterocycles. The van der Waals surface area contributed by atoms with Gasteiger partial charge >= 0.3 is 11.9 Å². The Labute approximate surface area is 143 Å². The first-order valence-electron chi connectivity index (χ1n) is 6.62. The summed E-state index contributed by atoms with van der Waals surface area (Å²) in [5.41, 5.74) is 1.37. The molecule has 8 heteroatoms. The Bertz CT molecular complexity index is 687. The summed E-state index contributed by atoms with van der Waals surface area (Å²) in [7, 11) is 2.47. The molecule has 0 atom stereocenters. The number of anilines is 1. The molecule has 2 rings (SSSR count). The van der Waals surface area contributed by atoms with Crippen molar-refractivity contribution < 1.29 is 23.8 Å². The molecule has 1 aromatic carbocycles. The number of benzene rings is 1. The summed E-state index contributed by atoms with van der Waals surface area (Å²) in [6.45, 7) is 1.77. The molecule has 0 radical (unpaired) electrons. The highest BCUT2D eigenvalue weighted by Gasteiger charge is 2.33. The summed E-state index contributed by atoms with van der Waals surface area (Å²) in [5, 5.41) is 0.751. The Kier molecular flexibility index (Phi) is 5.51. The summed E-state index contributed by atoms with van der Waals surface area (Å²) >= 11 is 12.2. The van der Waals surface area contributed by atoms with Gasteiger partial charge in [-0.3, -0.25) is 0 Å². The lowest BCUT2D eigenvalue weighted by molar-refractivity contribution is -0.140. The normalized spacial score (nSPS) is 14.7. The van der Waals surface area contributed by atoms with Crippen molar-refractivity contribution >= 4 is 40.8 Å². The third-order valence-electron chi connectivity index (χ3n) is 3.43. The van der Waals surface area contributed by atoms with Crippen LogP contribution in [0.5, 0.6) is 0 Å². The van der Waals surface area contributed by atoms with E-state index in [1.165, 1.54) is 19.1 Å². The fourth-order valence-electron chi connectivity index (χ4n) is 2.27. The lowest BCUT2D eigenvalue weighted by Gasteiger charge is -2.32. The third kappa shape index (κ3) is 3.29. The van der Waals surface area contributed by atoms with E-state index in [0.717, 1.165) is 0 Å². The van der Waals surface area contributed by atoms with E-state index in [2.05, 4.69) is 0 Å². The van der Waals surface area contributed by atoms with E-state index >= 15 is 0 Å². The van der Waals surface area contributed by atoms with E-state index in [1.54, 1.807) is 19.1 Å². The highest BCUT2D eigenvalue weighted by Crippen LogP contribution is 2.36. The minimum Gasteiger partial charge on any atom is -0.466 e. The van der Waals surface area contributed by atoms with Gasteiger partial charge in [-0.25, -0.2) is 9.59 Å². The van der Waals surface area contributed by atoms with Crippen LogP contribution in [0, 0.1) is 6.92 Å². The van der Waals surface area contributed by atoms with Crippen LogP contribution in [-0.4, -0.2) is 39.5 Å². The summed E-state index contributed by atoms with van der Waals surface area (Å²) in [4.78, 5) is 25.7. The number of carbonyl (C=O) groups is 2. The van der Waals surface area contributed by atoms with Gasteiger partial charge in [0.15, 0.2) is 0 Å². The smallest absolute Gasteiger partial charge is 0.355 e. The molecule has 0 unspecified atom stereocenters. The molecule has 0 spiro atoms. The van der Waals surface area contributed by atoms with Gasteiger partial charge in [-0.2, -0.15) is 0 Å². The summed E-state index contributed by atoms with van der Waals surface area (Å²) < 4.78 is 14.9. The number of nitrogens with zero attached hydrogens (tertiary/aromatic N) is 1. The molecular weight excluding hydrogens is 345 g/mol. The monoisotopic (exact) mass is 359 g/mol. The number of carbonyl (C=O) groups excluding carboxylic acids is 2. The van der Waals surface area contributed by atoms with E-state index in [9.17, 15) is 9.59 Å². The Morgan fingerprint density at radius 2 is 1.83 bits per heavy atom. The van der Waals surface area contributed by atoms with Crippen molar-refractivity contribution in [3.8, 4) is 0 Å². The van der Waals surface area contributed by atoms with Crippen LogP contribution in [0.4, 0.5) is 5.69 Å². The van der Waals surface area contributed by atoms with E-state index in [0.29, 0.717) is 21.3 Å². The quantitative estimate of drug-likeness (QED) is 0.773. The second-order valence-electron chi connectivity index (χ2n) is 4.72. The molecule has 124 valence electrons. The van der Waals surface area contributed by atoms with Gasteiger partial charge in [-0.15, -0.1) is 0 Å². The minimum absolute atomic E-state index is 0.0476. The summed E-state index contributed by atoms with van der Waals surface area (Å²) in [5.74, 6) is -1.33. The van der Waals surface area contributed by atoms with Crippen LogP contribution in [0.2, 0.25) is 10.0 Å². The molecule has 0 aromatic heterocycles. The van der Waals surface area contributed by atoms with Gasteiger partial charge in [-0.1, -0.05) is 23.2 Å². The average Bonchev–Trinajstić information content (AvgIpc) is 2.57. The van der Waals surface area contributed by atoms with Gasteiger partial charge < -0.3 is 19.1 Å². The average molecular weight is 360 g/mol. The van der Waals surface area contributed by atoms with Gasteiger partial charge in [0.25, 0.3) is 0 Å². The molecule has 1 aliphatic rings. The minimum atomic E-state index is -0.667. The van der Waals surface area contributed by atoms with Crippen molar-refractivity contribution in [1.82, 2.24) is 0 Å². The molecular formula is C15H15Cl2NO5. The molecule has 23 heavy (non-hydrogen) atoms. The number of rotatable bonds is 3. The van der Waals surface area contributed by atoms with E-state index in [4.69, 9.17) is 37.4 Å². The molecule has 0 aliphatic carbocycles. The van der Waals surface area contributed by atoms with Crippen LogP contribution in [0.15, 0.2) is 23.4 Å². The van der Waals surface area contributed by atoms with Gasteiger partial charge in [0.1, 0.15) is 12.4 Å². The van der Waals surface area contributed by atoms with Crippen molar-refractivity contribution in [1.29, 1.82) is 0 Å². The molecule has 0 saturated carbocycles. The highest BCUT2D eigenvalue weighted by molar-refractivity contribution is 6.42. The SMILES string of the molecule is COC(=O)C1=C(C(=O)OC)N(c2ccc(Cl)c(Cl)c2C)COC1. The van der Waals surface area contributed by atoms with Crippen molar-refractivity contribution in [3.05, 3.63) is 39.0 Å². The first kappa shape index (κ1) is 17.6. The van der Waals surface area contributed by atoms with Crippen LogP contribution in [0.25, 0.3) is 0 Å². The predicted molar refractivity (Wildman–Crippen MR) is 85.6 cm³/mol. The topological polar surface area (TPSA) is 65.1 Å². The van der Waals surface area contributed by atoms with Crippen LogP contribution in [0.3, 0.4) is 0 Å². The zero-order valence-corrected chi connectivity index (χ0v) is 14.3. The fraction of sp³-hybridized carbons (Fsp3) is 0.333. The number of hydrogen-bond acceptors (Lipinski definition) is 6. The van der Waals surface area contributed by atoms with Crippen LogP contribution in [-0.2, 0) is 23.8 Å². The fourth-order valence-corrected chi connectivity index (χ4v) is 2.63. The predicted octanol–water partition coefficient (Wildman–Crippen LogP) is 2.70. The zero-order valence-electron chi connectivity index (χ0n) is 12.8. The van der Waals surface area contributed by atoms with Crippen molar-refractivity contribution in [2.75, 3.05) is 32.5 Å². The molecule has 0 amide bonds. The highest BCUT2D eigenvalue weighted by atomic mass is 35.5. The summed E-state index contributed by atoms with van der Waals surface area (Å²) in [6, 6.07) is 3.30. The first-order chi connectivity index (χ1) is 10.9. The van der Waals surface area contributed by atoms with Crippen molar-refractivity contribution in [2.24, 2.45) is 0 Å². The number of methoxy groups -OCH3 is 2. The Balaban J connectivity index is 2.62. The zero-order chi connectivity index (χ0) is 17.1. The van der Waals surface area contributed by atoms with Crippen LogP contribution < -0.4 is 4.90 Å². The lowest BCUT2D eigenvalue weighted by Crippen LogP contribution is -2.39. The number of halogens is 2. The molecule has 0 fully saturated rings. The standard InChI is InChI=1S/C15H15Cl2NO5/c1-8-11(5-4-10(16)12(8)17)18-7-23-6-9(14(19)21-2)13(18)15(20)22-3/h4-5H,6-7H2,1-3H3. The van der Waals surface area contributed by atoms with Crippen molar-refractivity contribution in [2.45, 2.75) is 6.92 Å². The number of esters is 2. The lowest BCUT2D eigenvalue weighted by atomic mass is 10.1. The largest absolute Gasteiger partial charge is 0.466 e. The molecule has 1 aliphatic heterocycles. The summed E-state index contributed by atoms with van der Waals surface area (Å²) in [6.07, 6.45) is 0. The second-order valence-corrected chi connectivity index (χ2v) is 5.51. The van der Waals surface area contributed by atoms with E-state index in [-0.39, 0.29) is 24.6 Å². The second kappa shape index (κ2) is 7.21. The Hall–Kier alpha value is -1.76. The molecule has 1 aromatic rings. The molecule has 6 nitrogen and oxygen atoms in total. The Morgan fingerprint density at radius 1 is 1.17 bits per heavy atom. The Morgan fingerprint density at radius 3 is 2.43 bits per heavy atom. The third-order valence-corrected chi connectivity index (χ3v) is 4.33. The molecule has 0 saturated heterocycles. The molecule has 0 N–H and O–H groups in total. The molecule has 0 bridgehead atoms. The maximum atomic E-state index is 12.2. The van der Waals surface area contributed by atoms with Gasteiger partial charge in [0.2, 0.25) is 0 Å². The van der Waals surface area contributed by atoms with E-state index in [1.807, 2.05) is 0 Å². The number of hydrogen-bond donors (Lipinski definition) is 0. The number of ether oxygens (including phenoxy) is 3. The van der Waals surface area contributed by atoms with Crippen LogP contribution >= 0.6 is 23.2 Å². The van der Waals surface area contributed by atoms with E-state index < -0.39 is 11.9 Å². The van der Waals surface area contributed by atoms with Crippen molar-refractivity contribution in [3.63, 3.8) is 0 Å². The first-order valence-corrected chi connectivity index (χ1v) is 7.37. The van der Waals surface area contributed by atoms with Crippen LogP contribution in [0.1, 0.15) is 5.56 Å².